The summed E-state index contributed by atoms with van der Waals surface area (Å²) in [7, 11) is 2.11. The van der Waals surface area contributed by atoms with Crippen LogP contribution >= 0.6 is 11.6 Å². The number of halogens is 1. The minimum atomic E-state index is 0.162. The lowest BCUT2D eigenvalue weighted by atomic mass is 10.0. The summed E-state index contributed by atoms with van der Waals surface area (Å²) in [5, 5.41) is 0.812. The Kier molecular flexibility index (Phi) is 5.08. The highest BCUT2D eigenvalue weighted by molar-refractivity contribution is 6.33. The molecule has 1 aromatic rings. The highest BCUT2D eigenvalue weighted by atomic mass is 35.5. The fourth-order valence-corrected chi connectivity index (χ4v) is 2.94. The number of rotatable bonds is 4. The largest absolute Gasteiger partial charge is 0.381 e. The van der Waals surface area contributed by atoms with Gasteiger partial charge in [0.25, 0.3) is 0 Å². The molecule has 4 heteroatoms. The predicted molar refractivity (Wildman–Crippen MR) is 81.0 cm³/mol. The summed E-state index contributed by atoms with van der Waals surface area (Å²) in [5.74, 6) is 0. The van der Waals surface area contributed by atoms with Gasteiger partial charge in [0.2, 0.25) is 0 Å². The van der Waals surface area contributed by atoms with Crippen LogP contribution in [0.5, 0.6) is 0 Å². The average Bonchev–Trinajstić information content (AvgIpc) is 2.38. The van der Waals surface area contributed by atoms with Crippen LogP contribution in [0.2, 0.25) is 5.02 Å². The van der Waals surface area contributed by atoms with Crippen molar-refractivity contribution < 1.29 is 4.74 Å². The Labute approximate surface area is 120 Å². The summed E-state index contributed by atoms with van der Waals surface area (Å²) in [6.45, 7) is 3.70. The van der Waals surface area contributed by atoms with E-state index in [9.17, 15) is 0 Å². The first-order valence-electron chi connectivity index (χ1n) is 6.92. The van der Waals surface area contributed by atoms with E-state index in [-0.39, 0.29) is 6.04 Å². The minimum absolute atomic E-state index is 0.162. The Morgan fingerprint density at radius 2 is 2.11 bits per heavy atom. The zero-order valence-electron chi connectivity index (χ0n) is 11.7. The third kappa shape index (κ3) is 3.85. The van der Waals surface area contributed by atoms with E-state index in [1.807, 2.05) is 13.0 Å². The molecule has 1 unspecified atom stereocenters. The Balaban J connectivity index is 2.10. The van der Waals surface area contributed by atoms with Crippen molar-refractivity contribution in [3.63, 3.8) is 0 Å². The molecule has 1 atom stereocenters. The SMILES string of the molecule is CC(N)Cc1ccc(N(C)C2CCOCC2)c(Cl)c1. The summed E-state index contributed by atoms with van der Waals surface area (Å²) < 4.78 is 5.41. The van der Waals surface area contributed by atoms with E-state index in [1.165, 1.54) is 5.56 Å². The zero-order valence-corrected chi connectivity index (χ0v) is 12.5. The van der Waals surface area contributed by atoms with Crippen molar-refractivity contribution in [2.24, 2.45) is 5.73 Å². The number of hydrogen-bond donors (Lipinski definition) is 1. The van der Waals surface area contributed by atoms with Gasteiger partial charge in [-0.3, -0.25) is 0 Å². The van der Waals surface area contributed by atoms with Crippen molar-refractivity contribution in [1.82, 2.24) is 0 Å². The van der Waals surface area contributed by atoms with Crippen molar-refractivity contribution >= 4 is 17.3 Å². The molecular weight excluding hydrogens is 260 g/mol. The molecule has 0 bridgehead atoms. The Morgan fingerprint density at radius 1 is 1.42 bits per heavy atom. The van der Waals surface area contributed by atoms with Gasteiger partial charge in [0.15, 0.2) is 0 Å². The summed E-state index contributed by atoms with van der Waals surface area (Å²) in [4.78, 5) is 2.28. The molecule has 1 heterocycles. The van der Waals surface area contributed by atoms with Gasteiger partial charge in [-0.2, -0.15) is 0 Å². The molecule has 0 saturated carbocycles. The van der Waals surface area contributed by atoms with Crippen molar-refractivity contribution in [3.8, 4) is 0 Å². The van der Waals surface area contributed by atoms with E-state index < -0.39 is 0 Å². The van der Waals surface area contributed by atoms with Crippen molar-refractivity contribution in [2.75, 3.05) is 25.2 Å². The van der Waals surface area contributed by atoms with E-state index in [0.717, 1.165) is 43.2 Å². The molecule has 0 amide bonds. The molecule has 1 fully saturated rings. The first-order chi connectivity index (χ1) is 9.08. The molecule has 0 aliphatic carbocycles. The second kappa shape index (κ2) is 6.60. The minimum Gasteiger partial charge on any atom is -0.381 e. The van der Waals surface area contributed by atoms with Gasteiger partial charge in [-0.05, 0) is 43.9 Å². The van der Waals surface area contributed by atoms with Gasteiger partial charge in [-0.25, -0.2) is 0 Å². The summed E-state index contributed by atoms with van der Waals surface area (Å²) in [6.07, 6.45) is 2.99. The number of nitrogens with zero attached hydrogens (tertiary/aromatic N) is 1. The molecule has 19 heavy (non-hydrogen) atoms. The number of hydrogen-bond acceptors (Lipinski definition) is 3. The van der Waals surface area contributed by atoms with Crippen LogP contribution in [0, 0.1) is 0 Å². The van der Waals surface area contributed by atoms with Gasteiger partial charge >= 0.3 is 0 Å². The molecule has 1 aliphatic heterocycles. The number of nitrogens with two attached hydrogens (primary N) is 1. The quantitative estimate of drug-likeness (QED) is 0.923. The van der Waals surface area contributed by atoms with Gasteiger partial charge in [0.1, 0.15) is 0 Å². The van der Waals surface area contributed by atoms with Crippen LogP contribution in [0.25, 0.3) is 0 Å². The lowest BCUT2D eigenvalue weighted by molar-refractivity contribution is 0.0855. The van der Waals surface area contributed by atoms with E-state index >= 15 is 0 Å². The lowest BCUT2D eigenvalue weighted by Gasteiger charge is -2.33. The molecule has 2 rings (SSSR count). The van der Waals surface area contributed by atoms with Gasteiger partial charge < -0.3 is 15.4 Å². The van der Waals surface area contributed by atoms with Crippen LogP contribution in [-0.2, 0) is 11.2 Å². The second-order valence-corrected chi connectivity index (χ2v) is 5.83. The molecule has 1 aromatic carbocycles. The van der Waals surface area contributed by atoms with Crippen LogP contribution in [-0.4, -0.2) is 32.3 Å². The third-order valence-electron chi connectivity index (χ3n) is 3.69. The van der Waals surface area contributed by atoms with Crippen LogP contribution in [0.15, 0.2) is 18.2 Å². The van der Waals surface area contributed by atoms with Gasteiger partial charge in [-0.15, -0.1) is 0 Å². The Hall–Kier alpha value is -0.770. The van der Waals surface area contributed by atoms with Crippen LogP contribution in [0.4, 0.5) is 5.69 Å². The summed E-state index contributed by atoms with van der Waals surface area (Å²) in [5.41, 5.74) is 8.12. The number of ether oxygens (including phenoxy) is 1. The molecule has 3 nitrogen and oxygen atoms in total. The normalized spacial score (nSPS) is 18.3. The Morgan fingerprint density at radius 3 is 2.68 bits per heavy atom. The molecule has 1 aliphatic rings. The highest BCUT2D eigenvalue weighted by Crippen LogP contribution is 2.30. The van der Waals surface area contributed by atoms with E-state index in [1.54, 1.807) is 0 Å². The second-order valence-electron chi connectivity index (χ2n) is 5.42. The van der Waals surface area contributed by atoms with Crippen molar-refractivity contribution in [2.45, 2.75) is 38.3 Å². The average molecular weight is 283 g/mol. The number of anilines is 1. The molecule has 0 radical (unpaired) electrons. The monoisotopic (exact) mass is 282 g/mol. The predicted octanol–water partition coefficient (Wildman–Crippen LogP) is 2.84. The molecule has 106 valence electrons. The standard InChI is InChI=1S/C15H23ClN2O/c1-11(17)9-12-3-4-15(14(16)10-12)18(2)13-5-7-19-8-6-13/h3-4,10-11,13H,5-9,17H2,1-2H3. The fraction of sp³-hybridized carbons (Fsp3) is 0.600. The summed E-state index contributed by atoms with van der Waals surface area (Å²) >= 11 is 6.41. The van der Waals surface area contributed by atoms with Gasteiger partial charge in [0.05, 0.1) is 10.7 Å². The zero-order chi connectivity index (χ0) is 13.8. The molecule has 1 saturated heterocycles. The third-order valence-corrected chi connectivity index (χ3v) is 3.99. The Bertz CT molecular complexity index is 417. The number of benzene rings is 1. The van der Waals surface area contributed by atoms with Crippen LogP contribution < -0.4 is 10.6 Å². The maximum atomic E-state index is 6.41. The van der Waals surface area contributed by atoms with Crippen LogP contribution in [0.3, 0.4) is 0 Å². The van der Waals surface area contributed by atoms with Crippen molar-refractivity contribution in [1.29, 1.82) is 0 Å². The maximum absolute atomic E-state index is 6.41. The van der Waals surface area contributed by atoms with E-state index in [2.05, 4.69) is 24.1 Å². The molecule has 0 aromatic heterocycles. The van der Waals surface area contributed by atoms with E-state index in [0.29, 0.717) is 6.04 Å². The first kappa shape index (κ1) is 14.6. The molecule has 2 N–H and O–H groups in total. The molecular formula is C15H23ClN2O. The summed E-state index contributed by atoms with van der Waals surface area (Å²) in [6, 6.07) is 6.95. The maximum Gasteiger partial charge on any atom is 0.0642 e. The van der Waals surface area contributed by atoms with Crippen LogP contribution in [0.1, 0.15) is 25.3 Å². The molecule has 0 spiro atoms. The first-order valence-corrected chi connectivity index (χ1v) is 7.30. The van der Waals surface area contributed by atoms with Crippen molar-refractivity contribution in [3.05, 3.63) is 28.8 Å². The van der Waals surface area contributed by atoms with Gasteiger partial charge in [0, 0.05) is 32.3 Å². The highest BCUT2D eigenvalue weighted by Gasteiger charge is 2.20. The smallest absolute Gasteiger partial charge is 0.0642 e. The topological polar surface area (TPSA) is 38.5 Å². The lowest BCUT2D eigenvalue weighted by Crippen LogP contribution is -2.36. The van der Waals surface area contributed by atoms with Gasteiger partial charge in [-0.1, -0.05) is 17.7 Å². The van der Waals surface area contributed by atoms with E-state index in [4.69, 9.17) is 22.1 Å². The fourth-order valence-electron chi connectivity index (χ4n) is 2.60.